The highest BCUT2D eigenvalue weighted by molar-refractivity contribution is 6.74. The van der Waals surface area contributed by atoms with Crippen LogP contribution in [-0.2, 0) is 8.85 Å². The van der Waals surface area contributed by atoms with Crippen molar-refractivity contribution in [1.82, 2.24) is 0 Å². The van der Waals surface area contributed by atoms with Crippen LogP contribution in [0.4, 0.5) is 0 Å². The van der Waals surface area contributed by atoms with Crippen molar-refractivity contribution in [3.05, 3.63) is 0 Å². The van der Waals surface area contributed by atoms with Crippen LogP contribution < -0.4 is 0 Å². The third kappa shape index (κ3) is 6.52. The summed E-state index contributed by atoms with van der Waals surface area (Å²) in [5.41, 5.74) is 0. The van der Waals surface area contributed by atoms with Crippen LogP contribution in [0.25, 0.3) is 0 Å². The summed E-state index contributed by atoms with van der Waals surface area (Å²) in [6.07, 6.45) is 0.659. The minimum absolute atomic E-state index is 0.00465. The molecule has 0 aliphatic carbocycles. The van der Waals surface area contributed by atoms with E-state index in [1.165, 1.54) is 0 Å². The molecular formula is C16H38O3Si2. The monoisotopic (exact) mass is 334 g/mol. The molecule has 0 heterocycles. The highest BCUT2D eigenvalue weighted by Crippen LogP contribution is 2.39. The lowest BCUT2D eigenvalue weighted by Crippen LogP contribution is -2.48. The third-order valence-electron chi connectivity index (χ3n) is 5.15. The van der Waals surface area contributed by atoms with Gasteiger partial charge < -0.3 is 14.0 Å². The number of hydrogen-bond acceptors (Lipinski definition) is 3. The first-order chi connectivity index (χ1) is 9.14. The predicted octanol–water partition coefficient (Wildman–Crippen LogP) is 4.78. The largest absolute Gasteiger partial charge is 0.414 e. The highest BCUT2D eigenvalue weighted by Gasteiger charge is 2.41. The Kier molecular flexibility index (Phi) is 7.37. The Balaban J connectivity index is 4.80. The molecular weight excluding hydrogens is 296 g/mol. The minimum Gasteiger partial charge on any atom is -0.414 e. The van der Waals surface area contributed by atoms with E-state index in [1.807, 2.05) is 0 Å². The van der Waals surface area contributed by atoms with Crippen LogP contribution in [0.15, 0.2) is 0 Å². The quantitative estimate of drug-likeness (QED) is 0.681. The molecule has 128 valence electrons. The second-order valence-corrected chi connectivity index (χ2v) is 18.6. The molecule has 5 heteroatoms. The van der Waals surface area contributed by atoms with Crippen LogP contribution >= 0.6 is 0 Å². The number of aliphatic hydroxyl groups excluding tert-OH is 1. The molecule has 0 bridgehead atoms. The van der Waals surface area contributed by atoms with E-state index in [9.17, 15) is 5.11 Å². The van der Waals surface area contributed by atoms with Crippen molar-refractivity contribution in [1.29, 1.82) is 0 Å². The minimum atomic E-state index is -1.82. The molecule has 0 aromatic carbocycles. The van der Waals surface area contributed by atoms with Gasteiger partial charge in [0, 0.05) is 6.61 Å². The van der Waals surface area contributed by atoms with Crippen molar-refractivity contribution in [3.8, 4) is 0 Å². The Morgan fingerprint density at radius 3 is 1.62 bits per heavy atom. The molecule has 1 atom stereocenters. The first-order valence-electron chi connectivity index (χ1n) is 8.07. The maximum absolute atomic E-state index is 9.32. The molecule has 0 radical (unpaired) electrons. The maximum Gasteiger partial charge on any atom is 0.192 e. The average Bonchev–Trinajstić information content (AvgIpc) is 2.22. The van der Waals surface area contributed by atoms with Gasteiger partial charge in [-0.3, -0.25) is 0 Å². The molecule has 1 N–H and O–H groups in total. The molecule has 0 saturated heterocycles. The molecule has 0 aromatic rings. The molecule has 0 fully saturated rings. The molecule has 0 amide bonds. The van der Waals surface area contributed by atoms with Gasteiger partial charge in [-0.05, 0) is 42.7 Å². The second kappa shape index (κ2) is 7.26. The van der Waals surface area contributed by atoms with Gasteiger partial charge in [-0.1, -0.05) is 41.5 Å². The molecule has 3 nitrogen and oxygen atoms in total. The Hall–Kier alpha value is 0.314. The first-order valence-corrected chi connectivity index (χ1v) is 13.9. The van der Waals surface area contributed by atoms with Gasteiger partial charge in [0.1, 0.15) is 0 Å². The summed E-state index contributed by atoms with van der Waals surface area (Å²) < 4.78 is 12.7. The van der Waals surface area contributed by atoms with Crippen LogP contribution in [0.2, 0.25) is 36.3 Å². The van der Waals surface area contributed by atoms with E-state index in [0.29, 0.717) is 13.0 Å². The lowest BCUT2D eigenvalue weighted by Gasteiger charge is -2.41. The van der Waals surface area contributed by atoms with Gasteiger partial charge >= 0.3 is 0 Å². The Morgan fingerprint density at radius 1 is 0.857 bits per heavy atom. The summed E-state index contributed by atoms with van der Waals surface area (Å²) in [6.45, 7) is 23.2. The maximum atomic E-state index is 9.32. The van der Waals surface area contributed by atoms with Gasteiger partial charge in [-0.25, -0.2) is 0 Å². The van der Waals surface area contributed by atoms with Crippen molar-refractivity contribution in [2.45, 2.75) is 90.3 Å². The van der Waals surface area contributed by atoms with Crippen molar-refractivity contribution in [3.63, 3.8) is 0 Å². The summed E-state index contributed by atoms with van der Waals surface area (Å²) in [6, 6.07) is 0. The molecule has 0 rings (SSSR count). The Morgan fingerprint density at radius 2 is 1.29 bits per heavy atom. The number of hydrogen-bond donors (Lipinski definition) is 1. The van der Waals surface area contributed by atoms with Crippen LogP contribution in [-0.4, -0.2) is 41.1 Å². The smallest absolute Gasteiger partial charge is 0.192 e. The topological polar surface area (TPSA) is 38.7 Å². The van der Waals surface area contributed by atoms with Gasteiger partial charge in [-0.2, -0.15) is 0 Å². The summed E-state index contributed by atoms with van der Waals surface area (Å²) in [5, 5.41) is 9.70. The van der Waals surface area contributed by atoms with E-state index in [0.717, 1.165) is 0 Å². The fourth-order valence-corrected chi connectivity index (χ4v) is 3.84. The normalized spacial score (nSPS) is 16.1. The van der Waals surface area contributed by atoms with Gasteiger partial charge in [0.25, 0.3) is 0 Å². The molecule has 0 saturated carbocycles. The van der Waals surface area contributed by atoms with Crippen molar-refractivity contribution in [2.75, 3.05) is 13.2 Å². The predicted molar refractivity (Wildman–Crippen MR) is 96.9 cm³/mol. The van der Waals surface area contributed by atoms with E-state index in [4.69, 9.17) is 8.85 Å². The van der Waals surface area contributed by atoms with E-state index in [1.54, 1.807) is 0 Å². The standard InChI is InChI=1S/C16H38O3Si2/c1-15(2,3)20(7,8)18-13-14(11-12-17)19-21(9,10)16(4,5)6/h14,17H,11-13H2,1-10H3/t14-/m0/s1. The lowest BCUT2D eigenvalue weighted by atomic mass is 10.2. The Bertz CT molecular complexity index is 314. The van der Waals surface area contributed by atoms with E-state index in [-0.39, 0.29) is 22.8 Å². The summed E-state index contributed by atoms with van der Waals surface area (Å²) in [5.74, 6) is 0. The molecule has 0 aromatic heterocycles. The zero-order valence-corrected chi connectivity index (χ0v) is 18.0. The van der Waals surface area contributed by atoms with E-state index >= 15 is 0 Å². The fraction of sp³-hybridized carbons (Fsp3) is 1.00. The van der Waals surface area contributed by atoms with Crippen molar-refractivity contribution >= 4 is 16.6 Å². The molecule has 0 unspecified atom stereocenters. The van der Waals surface area contributed by atoms with E-state index < -0.39 is 16.6 Å². The van der Waals surface area contributed by atoms with E-state index in [2.05, 4.69) is 67.7 Å². The molecule has 0 spiro atoms. The van der Waals surface area contributed by atoms with Gasteiger partial charge in [0.05, 0.1) is 12.7 Å². The summed E-state index contributed by atoms with van der Waals surface area (Å²) in [7, 11) is -3.59. The van der Waals surface area contributed by atoms with Crippen LogP contribution in [0, 0.1) is 0 Å². The average molecular weight is 335 g/mol. The second-order valence-electron chi connectivity index (χ2n) is 9.08. The molecule has 21 heavy (non-hydrogen) atoms. The number of rotatable bonds is 7. The molecule has 0 aliphatic heterocycles. The Labute approximate surface area is 134 Å². The summed E-state index contributed by atoms with van der Waals surface area (Å²) in [4.78, 5) is 0. The van der Waals surface area contributed by atoms with Gasteiger partial charge in [-0.15, -0.1) is 0 Å². The fourth-order valence-electron chi connectivity index (χ4n) is 1.43. The zero-order valence-electron chi connectivity index (χ0n) is 16.0. The van der Waals surface area contributed by atoms with Crippen LogP contribution in [0.3, 0.4) is 0 Å². The summed E-state index contributed by atoms with van der Waals surface area (Å²) >= 11 is 0. The van der Waals surface area contributed by atoms with Crippen LogP contribution in [0.5, 0.6) is 0 Å². The molecule has 0 aliphatic rings. The zero-order chi connectivity index (χ0) is 17.1. The first kappa shape index (κ1) is 21.3. The van der Waals surface area contributed by atoms with Crippen molar-refractivity contribution in [2.24, 2.45) is 0 Å². The third-order valence-corrected chi connectivity index (χ3v) is 14.2. The van der Waals surface area contributed by atoms with Gasteiger partial charge in [0.15, 0.2) is 16.6 Å². The SMILES string of the molecule is CC(C)(C)[Si](C)(C)OC[C@H](CCO)O[Si](C)(C)C(C)(C)C. The lowest BCUT2D eigenvalue weighted by molar-refractivity contribution is 0.0837. The number of aliphatic hydroxyl groups is 1. The highest BCUT2D eigenvalue weighted by atomic mass is 28.4. The van der Waals surface area contributed by atoms with Crippen LogP contribution in [0.1, 0.15) is 48.0 Å². The van der Waals surface area contributed by atoms with Crippen molar-refractivity contribution < 1.29 is 14.0 Å². The van der Waals surface area contributed by atoms with Gasteiger partial charge in [0.2, 0.25) is 0 Å².